The summed E-state index contributed by atoms with van der Waals surface area (Å²) in [5.41, 5.74) is 7.62. The number of benzene rings is 1. The average molecular weight is 349 g/mol. The molecule has 0 spiro atoms. The van der Waals surface area contributed by atoms with Crippen molar-refractivity contribution in [3.63, 3.8) is 0 Å². The molecule has 1 atom stereocenters. The Bertz CT molecular complexity index is 705. The lowest BCUT2D eigenvalue weighted by atomic mass is 10.0. The molecular formula is C17H21ClN4O2. The van der Waals surface area contributed by atoms with E-state index in [1.807, 2.05) is 31.2 Å². The van der Waals surface area contributed by atoms with E-state index in [1.54, 1.807) is 7.11 Å². The second kappa shape index (κ2) is 7.23. The molecule has 1 aliphatic rings. The van der Waals surface area contributed by atoms with Gasteiger partial charge in [-0.2, -0.15) is 4.98 Å². The summed E-state index contributed by atoms with van der Waals surface area (Å²) >= 11 is 6.46. The maximum absolute atomic E-state index is 6.46. The summed E-state index contributed by atoms with van der Waals surface area (Å²) < 4.78 is 11.1. The first kappa shape index (κ1) is 16.8. The minimum atomic E-state index is -0.0659. The van der Waals surface area contributed by atoms with Crippen molar-refractivity contribution in [2.24, 2.45) is 0 Å². The molecule has 2 heterocycles. The standard InChI is InChI=1S/C17H21ClN4O2/c1-11-8-16(21-17(19)20-11)22-6-3-7-24-10-15(22)13-9-12(23-2)4-5-14(13)18/h4-5,8-9,15H,3,6-7,10H2,1-2H3,(H2,19,20,21)/t15-/m1/s1. The molecular weight excluding hydrogens is 328 g/mol. The minimum Gasteiger partial charge on any atom is -0.497 e. The Morgan fingerprint density at radius 2 is 2.17 bits per heavy atom. The first-order valence-electron chi connectivity index (χ1n) is 7.87. The summed E-state index contributed by atoms with van der Waals surface area (Å²) in [6, 6.07) is 7.51. The van der Waals surface area contributed by atoms with E-state index in [4.69, 9.17) is 26.8 Å². The lowest BCUT2D eigenvalue weighted by Crippen LogP contribution is -2.32. The molecule has 3 rings (SSSR count). The Kier molecular flexibility index (Phi) is 5.06. The maximum Gasteiger partial charge on any atom is 0.222 e. The quantitative estimate of drug-likeness (QED) is 0.919. The number of methoxy groups -OCH3 is 1. The third-order valence-corrected chi connectivity index (χ3v) is 4.40. The van der Waals surface area contributed by atoms with Crippen LogP contribution < -0.4 is 15.4 Å². The number of nitrogens with zero attached hydrogens (tertiary/aromatic N) is 3. The molecule has 128 valence electrons. The van der Waals surface area contributed by atoms with Gasteiger partial charge in [-0.25, -0.2) is 4.98 Å². The summed E-state index contributed by atoms with van der Waals surface area (Å²) in [5, 5.41) is 0.676. The van der Waals surface area contributed by atoms with Crippen LogP contribution in [0.1, 0.15) is 23.7 Å². The Morgan fingerprint density at radius 1 is 1.33 bits per heavy atom. The van der Waals surface area contributed by atoms with Gasteiger partial charge in [-0.05, 0) is 37.1 Å². The molecule has 1 saturated heterocycles. The van der Waals surface area contributed by atoms with Gasteiger partial charge in [0.15, 0.2) is 0 Å². The normalized spacial score (nSPS) is 18.3. The summed E-state index contributed by atoms with van der Waals surface area (Å²) in [6.45, 7) is 3.93. The zero-order valence-corrected chi connectivity index (χ0v) is 14.6. The SMILES string of the molecule is COc1ccc(Cl)c([C@H]2COCCCN2c2cc(C)nc(N)n2)c1. The van der Waals surface area contributed by atoms with Gasteiger partial charge in [-0.15, -0.1) is 0 Å². The van der Waals surface area contributed by atoms with Crippen LogP contribution in [0.5, 0.6) is 5.75 Å². The number of nitrogen functional groups attached to an aromatic ring is 1. The van der Waals surface area contributed by atoms with Crippen LogP contribution in [0.15, 0.2) is 24.3 Å². The third-order valence-electron chi connectivity index (χ3n) is 4.05. The van der Waals surface area contributed by atoms with E-state index >= 15 is 0 Å². The molecule has 1 aromatic heterocycles. The smallest absolute Gasteiger partial charge is 0.222 e. The highest BCUT2D eigenvalue weighted by molar-refractivity contribution is 6.31. The number of aryl methyl sites for hydroxylation is 1. The fourth-order valence-electron chi connectivity index (χ4n) is 2.94. The van der Waals surface area contributed by atoms with Gasteiger partial charge in [0.25, 0.3) is 0 Å². The number of aromatic nitrogens is 2. The molecule has 0 radical (unpaired) electrons. The van der Waals surface area contributed by atoms with Gasteiger partial charge in [-0.3, -0.25) is 0 Å². The maximum atomic E-state index is 6.46. The van der Waals surface area contributed by atoms with Crippen molar-refractivity contribution in [1.29, 1.82) is 0 Å². The van der Waals surface area contributed by atoms with Gasteiger partial charge in [0, 0.05) is 29.9 Å². The molecule has 7 heteroatoms. The van der Waals surface area contributed by atoms with Gasteiger partial charge in [-0.1, -0.05) is 11.6 Å². The van der Waals surface area contributed by atoms with E-state index in [9.17, 15) is 0 Å². The van der Waals surface area contributed by atoms with Crippen LogP contribution in [0, 0.1) is 6.92 Å². The highest BCUT2D eigenvalue weighted by Gasteiger charge is 2.27. The van der Waals surface area contributed by atoms with Crippen LogP contribution in [0.3, 0.4) is 0 Å². The summed E-state index contributed by atoms with van der Waals surface area (Å²) in [5.74, 6) is 1.82. The molecule has 24 heavy (non-hydrogen) atoms. The molecule has 1 aromatic carbocycles. The monoisotopic (exact) mass is 348 g/mol. The van der Waals surface area contributed by atoms with Crippen molar-refractivity contribution in [2.75, 3.05) is 37.5 Å². The molecule has 2 N–H and O–H groups in total. The fraction of sp³-hybridized carbons (Fsp3) is 0.412. The highest BCUT2D eigenvalue weighted by Crippen LogP contribution is 2.35. The van der Waals surface area contributed by atoms with E-state index in [0.29, 0.717) is 18.2 Å². The van der Waals surface area contributed by atoms with Crippen molar-refractivity contribution < 1.29 is 9.47 Å². The Morgan fingerprint density at radius 3 is 2.92 bits per heavy atom. The number of hydrogen-bond donors (Lipinski definition) is 1. The number of anilines is 2. The molecule has 0 aliphatic carbocycles. The van der Waals surface area contributed by atoms with Gasteiger partial charge in [0.1, 0.15) is 11.6 Å². The van der Waals surface area contributed by atoms with Crippen molar-refractivity contribution in [3.05, 3.63) is 40.5 Å². The summed E-state index contributed by atoms with van der Waals surface area (Å²) in [6.07, 6.45) is 0.904. The molecule has 0 bridgehead atoms. The van der Waals surface area contributed by atoms with Gasteiger partial charge in [0.05, 0.1) is 19.8 Å². The molecule has 0 amide bonds. The number of hydrogen-bond acceptors (Lipinski definition) is 6. The van der Waals surface area contributed by atoms with Gasteiger partial charge >= 0.3 is 0 Å². The number of halogens is 1. The first-order chi connectivity index (χ1) is 11.6. The lowest BCUT2D eigenvalue weighted by Gasteiger charge is -2.31. The Labute approximate surface area is 146 Å². The van der Waals surface area contributed by atoms with Crippen molar-refractivity contribution in [1.82, 2.24) is 9.97 Å². The second-order valence-electron chi connectivity index (χ2n) is 5.75. The predicted octanol–water partition coefficient (Wildman–Crippen LogP) is 3.00. The molecule has 0 saturated carbocycles. The zero-order valence-electron chi connectivity index (χ0n) is 13.8. The van der Waals surface area contributed by atoms with E-state index in [0.717, 1.165) is 35.8 Å². The van der Waals surface area contributed by atoms with Crippen LogP contribution in [-0.4, -0.2) is 36.8 Å². The van der Waals surface area contributed by atoms with Crippen LogP contribution in [0.25, 0.3) is 0 Å². The average Bonchev–Trinajstić information content (AvgIpc) is 2.80. The number of rotatable bonds is 3. The van der Waals surface area contributed by atoms with E-state index in [1.165, 1.54) is 0 Å². The largest absolute Gasteiger partial charge is 0.497 e. The number of nitrogens with two attached hydrogens (primary N) is 1. The van der Waals surface area contributed by atoms with E-state index in [2.05, 4.69) is 14.9 Å². The zero-order chi connectivity index (χ0) is 17.1. The number of ether oxygens (including phenoxy) is 2. The van der Waals surface area contributed by atoms with E-state index in [-0.39, 0.29) is 12.0 Å². The predicted molar refractivity (Wildman–Crippen MR) is 94.7 cm³/mol. The lowest BCUT2D eigenvalue weighted by molar-refractivity contribution is 0.134. The molecule has 1 aliphatic heterocycles. The topological polar surface area (TPSA) is 73.5 Å². The first-order valence-corrected chi connectivity index (χ1v) is 8.25. The summed E-state index contributed by atoms with van der Waals surface area (Å²) in [4.78, 5) is 10.7. The highest BCUT2D eigenvalue weighted by atomic mass is 35.5. The van der Waals surface area contributed by atoms with Gasteiger partial charge < -0.3 is 20.1 Å². The fourth-order valence-corrected chi connectivity index (χ4v) is 3.18. The molecule has 2 aromatic rings. The second-order valence-corrected chi connectivity index (χ2v) is 6.16. The van der Waals surface area contributed by atoms with Crippen molar-refractivity contribution in [3.8, 4) is 5.75 Å². The molecule has 0 unspecified atom stereocenters. The van der Waals surface area contributed by atoms with Crippen LogP contribution in [0.4, 0.5) is 11.8 Å². The van der Waals surface area contributed by atoms with Crippen molar-refractivity contribution in [2.45, 2.75) is 19.4 Å². The van der Waals surface area contributed by atoms with Gasteiger partial charge in [0.2, 0.25) is 5.95 Å². The van der Waals surface area contributed by atoms with Crippen molar-refractivity contribution >= 4 is 23.4 Å². The van der Waals surface area contributed by atoms with Crippen LogP contribution in [-0.2, 0) is 4.74 Å². The minimum absolute atomic E-state index is 0.0659. The Balaban J connectivity index is 2.05. The third kappa shape index (κ3) is 3.55. The van der Waals surface area contributed by atoms with Crippen LogP contribution in [0.2, 0.25) is 5.02 Å². The molecule has 6 nitrogen and oxygen atoms in total. The Hall–Kier alpha value is -2.05. The van der Waals surface area contributed by atoms with E-state index < -0.39 is 0 Å². The summed E-state index contributed by atoms with van der Waals surface area (Å²) in [7, 11) is 1.64. The van der Waals surface area contributed by atoms with Crippen LogP contribution >= 0.6 is 11.6 Å². The molecule has 1 fully saturated rings.